The highest BCUT2D eigenvalue weighted by Crippen LogP contribution is 2.43. The molecule has 2 N–H and O–H groups in total. The number of hydrogen-bond donors (Lipinski definition) is 2. The van der Waals surface area contributed by atoms with Gasteiger partial charge in [0.25, 0.3) is 0 Å². The lowest BCUT2D eigenvalue weighted by molar-refractivity contribution is 0.111. The fourth-order valence-corrected chi connectivity index (χ4v) is 5.11. The molecule has 4 rings (SSSR count). The van der Waals surface area contributed by atoms with Crippen LogP contribution >= 0.6 is 0 Å². The Bertz CT molecular complexity index is 479. The summed E-state index contributed by atoms with van der Waals surface area (Å²) in [6, 6.07) is 5.29. The van der Waals surface area contributed by atoms with Crippen LogP contribution in [0, 0.1) is 5.41 Å². The molecule has 3 aliphatic rings. The van der Waals surface area contributed by atoms with Gasteiger partial charge in [-0.05, 0) is 95.1 Å². The predicted molar refractivity (Wildman–Crippen MR) is 97.1 cm³/mol. The van der Waals surface area contributed by atoms with E-state index in [9.17, 15) is 0 Å². The summed E-state index contributed by atoms with van der Waals surface area (Å²) in [7, 11) is 0. The van der Waals surface area contributed by atoms with Gasteiger partial charge >= 0.3 is 0 Å². The van der Waals surface area contributed by atoms with Gasteiger partial charge in [-0.2, -0.15) is 0 Å². The topological polar surface area (TPSA) is 40.4 Å². The average molecular weight is 332 g/mol. The van der Waals surface area contributed by atoms with Crippen LogP contribution in [-0.2, 0) is 0 Å². The molecule has 0 amide bonds. The van der Waals surface area contributed by atoms with Gasteiger partial charge in [0.05, 0.1) is 12.3 Å². The Morgan fingerprint density at radius 2 is 1.92 bits per heavy atom. The van der Waals surface area contributed by atoms with Gasteiger partial charge in [0.15, 0.2) is 0 Å². The summed E-state index contributed by atoms with van der Waals surface area (Å²) < 4.78 is 5.75. The normalized spacial score (nSPS) is 26.8. The summed E-state index contributed by atoms with van der Waals surface area (Å²) in [5, 5.41) is 7.41. The fraction of sp³-hybridized carbons (Fsp3) is 0.800. The summed E-state index contributed by atoms with van der Waals surface area (Å²) in [5.41, 5.74) is 0.665. The molecule has 2 aliphatic heterocycles. The molecule has 1 spiro atoms. The number of rotatable bonds is 5. The quantitative estimate of drug-likeness (QED) is 0.868. The molecule has 0 unspecified atom stereocenters. The first-order valence-corrected chi connectivity index (χ1v) is 10.1. The van der Waals surface area contributed by atoms with Crippen LogP contribution in [0.1, 0.15) is 63.2 Å². The van der Waals surface area contributed by atoms with Crippen LogP contribution in [0.25, 0.3) is 0 Å². The Labute approximate surface area is 146 Å². The number of nitrogens with zero attached hydrogens (tertiary/aromatic N) is 1. The minimum atomic E-state index is 0.414. The Balaban J connectivity index is 1.30. The number of piperidine rings is 1. The van der Waals surface area contributed by atoms with E-state index < -0.39 is 0 Å². The molecule has 4 nitrogen and oxygen atoms in total. The zero-order valence-corrected chi connectivity index (χ0v) is 14.9. The van der Waals surface area contributed by atoms with Crippen LogP contribution in [0.5, 0.6) is 0 Å². The van der Waals surface area contributed by atoms with E-state index in [-0.39, 0.29) is 0 Å². The molecule has 24 heavy (non-hydrogen) atoms. The van der Waals surface area contributed by atoms with Gasteiger partial charge < -0.3 is 15.1 Å². The Hall–Kier alpha value is -0.840. The maximum absolute atomic E-state index is 5.75. The lowest BCUT2D eigenvalue weighted by atomic mass is 9.67. The largest absolute Gasteiger partial charge is 0.468 e. The molecule has 0 radical (unpaired) electrons. The Kier molecular flexibility index (Phi) is 5.25. The van der Waals surface area contributed by atoms with Gasteiger partial charge in [-0.1, -0.05) is 0 Å². The van der Waals surface area contributed by atoms with Gasteiger partial charge in [-0.15, -0.1) is 0 Å². The first-order valence-electron chi connectivity index (χ1n) is 10.1. The number of nitrogens with one attached hydrogen (secondary N) is 2. The van der Waals surface area contributed by atoms with Crippen molar-refractivity contribution in [3.8, 4) is 0 Å². The lowest BCUT2D eigenvalue weighted by Gasteiger charge is -2.43. The van der Waals surface area contributed by atoms with Gasteiger partial charge in [0, 0.05) is 12.6 Å². The molecule has 1 aromatic heterocycles. The standard InChI is InChI=1S/C20H33N3O/c1-2-14-23(13-1)18(19-4-3-15-24-19)16-22-17-5-7-20(8-6-17)9-11-21-12-10-20/h3-4,15,17-18,21-22H,1-2,5-14,16H2/t18-/m0/s1. The van der Waals surface area contributed by atoms with E-state index in [1.165, 1.54) is 77.5 Å². The summed E-state index contributed by atoms with van der Waals surface area (Å²) in [4.78, 5) is 2.60. The highest BCUT2D eigenvalue weighted by atomic mass is 16.3. The van der Waals surface area contributed by atoms with Crippen molar-refractivity contribution in [1.82, 2.24) is 15.5 Å². The van der Waals surface area contributed by atoms with Crippen LogP contribution in [0.4, 0.5) is 0 Å². The maximum Gasteiger partial charge on any atom is 0.122 e. The Morgan fingerprint density at radius 3 is 2.58 bits per heavy atom. The van der Waals surface area contributed by atoms with Gasteiger partial charge in [-0.25, -0.2) is 0 Å². The number of likely N-dealkylation sites (tertiary alicyclic amines) is 1. The molecule has 3 fully saturated rings. The summed E-state index contributed by atoms with van der Waals surface area (Å²) >= 11 is 0. The molecule has 134 valence electrons. The first kappa shape index (κ1) is 16.6. The van der Waals surface area contributed by atoms with E-state index in [4.69, 9.17) is 4.42 Å². The van der Waals surface area contributed by atoms with Crippen molar-refractivity contribution in [2.24, 2.45) is 5.41 Å². The molecule has 4 heteroatoms. The third-order valence-corrected chi connectivity index (χ3v) is 6.76. The van der Waals surface area contributed by atoms with Crippen LogP contribution in [0.3, 0.4) is 0 Å². The van der Waals surface area contributed by atoms with Crippen molar-refractivity contribution < 1.29 is 4.42 Å². The van der Waals surface area contributed by atoms with E-state index in [1.54, 1.807) is 0 Å². The van der Waals surface area contributed by atoms with E-state index in [1.807, 2.05) is 12.3 Å². The maximum atomic E-state index is 5.75. The van der Waals surface area contributed by atoms with Crippen molar-refractivity contribution in [3.63, 3.8) is 0 Å². The van der Waals surface area contributed by atoms with E-state index in [0.717, 1.165) is 12.3 Å². The molecule has 3 heterocycles. The van der Waals surface area contributed by atoms with Crippen LogP contribution in [0.15, 0.2) is 22.8 Å². The molecule has 2 saturated heterocycles. The van der Waals surface area contributed by atoms with Gasteiger partial charge in [0.1, 0.15) is 5.76 Å². The minimum absolute atomic E-state index is 0.414. The number of hydrogen-bond acceptors (Lipinski definition) is 4. The smallest absolute Gasteiger partial charge is 0.122 e. The van der Waals surface area contributed by atoms with Crippen LogP contribution in [-0.4, -0.2) is 43.7 Å². The molecule has 1 atom stereocenters. The summed E-state index contributed by atoms with van der Waals surface area (Å²) in [6.45, 7) is 5.93. The molecule has 1 aliphatic carbocycles. The third-order valence-electron chi connectivity index (χ3n) is 6.76. The zero-order valence-electron chi connectivity index (χ0n) is 14.9. The van der Waals surface area contributed by atoms with E-state index >= 15 is 0 Å². The molecule has 1 aromatic rings. The third kappa shape index (κ3) is 3.71. The molecular weight excluding hydrogens is 298 g/mol. The summed E-state index contributed by atoms with van der Waals surface area (Å²) in [5.74, 6) is 1.13. The second-order valence-corrected chi connectivity index (χ2v) is 8.21. The highest BCUT2D eigenvalue weighted by Gasteiger charge is 2.36. The fourth-order valence-electron chi connectivity index (χ4n) is 5.11. The van der Waals surface area contributed by atoms with Crippen molar-refractivity contribution in [2.75, 3.05) is 32.7 Å². The van der Waals surface area contributed by atoms with E-state index in [2.05, 4.69) is 21.6 Å². The second-order valence-electron chi connectivity index (χ2n) is 8.21. The van der Waals surface area contributed by atoms with Crippen molar-refractivity contribution in [3.05, 3.63) is 24.2 Å². The van der Waals surface area contributed by atoms with Crippen molar-refractivity contribution in [2.45, 2.75) is 63.5 Å². The Morgan fingerprint density at radius 1 is 1.17 bits per heavy atom. The van der Waals surface area contributed by atoms with Crippen LogP contribution < -0.4 is 10.6 Å². The molecular formula is C20H33N3O. The minimum Gasteiger partial charge on any atom is -0.468 e. The monoisotopic (exact) mass is 331 g/mol. The zero-order chi connectivity index (χ0) is 16.2. The second kappa shape index (κ2) is 7.59. The predicted octanol–water partition coefficient (Wildman–Crippen LogP) is 3.32. The van der Waals surface area contributed by atoms with E-state index in [0.29, 0.717) is 17.5 Å². The molecule has 0 aromatic carbocycles. The molecule has 0 bridgehead atoms. The van der Waals surface area contributed by atoms with Crippen molar-refractivity contribution in [1.29, 1.82) is 0 Å². The van der Waals surface area contributed by atoms with Gasteiger partial charge in [0.2, 0.25) is 0 Å². The van der Waals surface area contributed by atoms with Crippen molar-refractivity contribution >= 4 is 0 Å². The van der Waals surface area contributed by atoms with Crippen LogP contribution in [0.2, 0.25) is 0 Å². The highest BCUT2D eigenvalue weighted by molar-refractivity contribution is 5.06. The van der Waals surface area contributed by atoms with Gasteiger partial charge in [-0.3, -0.25) is 4.90 Å². The molecule has 1 saturated carbocycles. The average Bonchev–Trinajstić information content (AvgIpc) is 3.32. The number of furan rings is 1. The SMILES string of the molecule is c1coc([C@H](CNC2CCC3(CCNCC3)CC2)N2CCCC2)c1. The first-order chi connectivity index (χ1) is 11.8. The summed E-state index contributed by atoms with van der Waals surface area (Å²) in [6.07, 6.45) is 12.8. The lowest BCUT2D eigenvalue weighted by Crippen LogP contribution is -2.45.